The minimum absolute atomic E-state index is 0. The van der Waals surface area contributed by atoms with E-state index in [-0.39, 0.29) is 36.4 Å². The van der Waals surface area contributed by atoms with Gasteiger partial charge in [0.1, 0.15) is 5.75 Å². The fraction of sp³-hybridized carbons (Fsp3) is 0.579. The number of methoxy groups -OCH3 is 1. The summed E-state index contributed by atoms with van der Waals surface area (Å²) in [6.07, 6.45) is 0.869. The van der Waals surface area contributed by atoms with Gasteiger partial charge in [0.25, 0.3) is 0 Å². The van der Waals surface area contributed by atoms with Crippen molar-refractivity contribution in [1.29, 1.82) is 0 Å². The Morgan fingerprint density at radius 2 is 1.96 bits per heavy atom. The highest BCUT2D eigenvalue weighted by Gasteiger charge is 2.06. The Labute approximate surface area is 179 Å². The number of aliphatic imine (C=N–C) groups is 1. The molecule has 0 aliphatic heterocycles. The lowest BCUT2D eigenvalue weighted by Gasteiger charge is -2.15. The maximum absolute atomic E-state index is 11.8. The molecule has 1 aromatic rings. The van der Waals surface area contributed by atoms with Crippen LogP contribution in [0.3, 0.4) is 0 Å². The molecule has 0 unspecified atom stereocenters. The molecular formula is C19H33IN4O3. The average Bonchev–Trinajstić information content (AvgIpc) is 2.62. The number of ether oxygens (including phenoxy) is 2. The first-order valence-corrected chi connectivity index (χ1v) is 8.91. The predicted octanol–water partition coefficient (Wildman–Crippen LogP) is 2.17. The van der Waals surface area contributed by atoms with E-state index in [9.17, 15) is 4.79 Å². The van der Waals surface area contributed by atoms with E-state index in [1.54, 1.807) is 26.1 Å². The van der Waals surface area contributed by atoms with Crippen LogP contribution in [0, 0.1) is 6.92 Å². The fourth-order valence-corrected chi connectivity index (χ4v) is 2.22. The number of aryl methyl sites for hydroxylation is 1. The van der Waals surface area contributed by atoms with Gasteiger partial charge in [0.2, 0.25) is 5.91 Å². The van der Waals surface area contributed by atoms with E-state index in [4.69, 9.17) is 9.47 Å². The maximum atomic E-state index is 11.8. The number of nitrogens with zero attached hydrogens (tertiary/aromatic N) is 2. The summed E-state index contributed by atoms with van der Waals surface area (Å²) < 4.78 is 10.6. The van der Waals surface area contributed by atoms with Crippen LogP contribution in [0.4, 0.5) is 0 Å². The molecule has 1 rings (SSSR count). The van der Waals surface area contributed by atoms with Crippen molar-refractivity contribution in [3.05, 3.63) is 29.3 Å². The van der Waals surface area contributed by atoms with Crippen molar-refractivity contribution in [1.82, 2.24) is 15.5 Å². The Kier molecular flexibility index (Phi) is 13.7. The third kappa shape index (κ3) is 11.0. The molecule has 27 heavy (non-hydrogen) atoms. The van der Waals surface area contributed by atoms with E-state index < -0.39 is 0 Å². The van der Waals surface area contributed by atoms with E-state index in [1.807, 2.05) is 26.0 Å². The van der Waals surface area contributed by atoms with Gasteiger partial charge in [-0.3, -0.25) is 4.79 Å². The van der Waals surface area contributed by atoms with Gasteiger partial charge < -0.3 is 25.0 Å². The van der Waals surface area contributed by atoms with Gasteiger partial charge in [-0.2, -0.15) is 0 Å². The van der Waals surface area contributed by atoms with Crippen LogP contribution in [0.1, 0.15) is 24.5 Å². The van der Waals surface area contributed by atoms with E-state index in [2.05, 4.69) is 21.7 Å². The normalized spacial score (nSPS) is 10.8. The number of hydrogen-bond donors (Lipinski definition) is 2. The second kappa shape index (κ2) is 14.5. The zero-order valence-electron chi connectivity index (χ0n) is 17.0. The highest BCUT2D eigenvalue weighted by atomic mass is 127. The van der Waals surface area contributed by atoms with Crippen LogP contribution in [-0.4, -0.2) is 64.3 Å². The summed E-state index contributed by atoms with van der Waals surface area (Å²) in [6, 6.07) is 6.02. The molecule has 0 aromatic heterocycles. The lowest BCUT2D eigenvalue weighted by atomic mass is 10.1. The third-order valence-electron chi connectivity index (χ3n) is 3.63. The molecule has 0 saturated carbocycles. The molecule has 0 saturated heterocycles. The Bertz CT molecular complexity index is 594. The summed E-state index contributed by atoms with van der Waals surface area (Å²) in [7, 11) is 5.12. The van der Waals surface area contributed by atoms with Crippen molar-refractivity contribution >= 4 is 35.8 Å². The summed E-state index contributed by atoms with van der Waals surface area (Å²) in [5.74, 6) is 1.42. The van der Waals surface area contributed by atoms with Gasteiger partial charge in [-0.25, -0.2) is 4.99 Å². The number of hydrogen-bond acceptors (Lipinski definition) is 4. The third-order valence-corrected chi connectivity index (χ3v) is 3.63. The van der Waals surface area contributed by atoms with Gasteiger partial charge >= 0.3 is 0 Å². The predicted molar refractivity (Wildman–Crippen MR) is 120 cm³/mol. The van der Waals surface area contributed by atoms with Crippen molar-refractivity contribution in [2.24, 2.45) is 4.99 Å². The first kappa shape index (κ1) is 25.4. The maximum Gasteiger partial charge on any atom is 0.241 e. The van der Waals surface area contributed by atoms with Gasteiger partial charge in [0.05, 0.1) is 20.2 Å². The summed E-state index contributed by atoms with van der Waals surface area (Å²) >= 11 is 0. The average molecular weight is 492 g/mol. The monoisotopic (exact) mass is 492 g/mol. The standard InChI is InChI=1S/C19H32N4O3.HI/c1-6-26-9-7-8-20-19(22-14-18(24)23(3)4)21-13-16-10-15(2)11-17(12-16)25-5;/h10-12H,6-9,13-14H2,1-5H3,(H2,20,21,22);1H. The number of nitrogens with one attached hydrogen (secondary N) is 2. The van der Waals surface area contributed by atoms with Gasteiger partial charge in [-0.1, -0.05) is 6.07 Å². The lowest BCUT2D eigenvalue weighted by molar-refractivity contribution is -0.127. The van der Waals surface area contributed by atoms with Crippen LogP contribution in [0.5, 0.6) is 5.75 Å². The second-order valence-corrected chi connectivity index (χ2v) is 6.14. The van der Waals surface area contributed by atoms with Crippen LogP contribution in [-0.2, 0) is 16.1 Å². The molecule has 0 aliphatic carbocycles. The lowest BCUT2D eigenvalue weighted by Crippen LogP contribution is -2.43. The van der Waals surface area contributed by atoms with Gasteiger partial charge in [-0.05, 0) is 43.5 Å². The molecule has 0 atom stereocenters. The topological polar surface area (TPSA) is 75.2 Å². The zero-order chi connectivity index (χ0) is 19.4. The highest BCUT2D eigenvalue weighted by Crippen LogP contribution is 2.16. The Balaban J connectivity index is 0.00000676. The molecule has 0 radical (unpaired) electrons. The molecule has 7 nitrogen and oxygen atoms in total. The molecule has 0 aliphatic rings. The number of likely N-dealkylation sites (N-methyl/N-ethyl adjacent to an activating group) is 1. The number of benzene rings is 1. The SMILES string of the molecule is CCOCCCNC(=NCc1cc(C)cc(OC)c1)NCC(=O)N(C)C.I. The molecule has 0 spiro atoms. The number of guanidine groups is 1. The van der Waals surface area contributed by atoms with E-state index >= 15 is 0 Å². The van der Waals surface area contributed by atoms with Crippen LogP contribution < -0.4 is 15.4 Å². The summed E-state index contributed by atoms with van der Waals surface area (Å²) in [5.41, 5.74) is 2.17. The Morgan fingerprint density at radius 1 is 1.22 bits per heavy atom. The van der Waals surface area contributed by atoms with Crippen LogP contribution in [0.2, 0.25) is 0 Å². The largest absolute Gasteiger partial charge is 0.497 e. The smallest absolute Gasteiger partial charge is 0.241 e. The van der Waals surface area contributed by atoms with Crippen LogP contribution >= 0.6 is 24.0 Å². The molecule has 154 valence electrons. The van der Waals surface area contributed by atoms with E-state index in [0.717, 1.165) is 29.8 Å². The summed E-state index contributed by atoms with van der Waals surface area (Å²) in [6.45, 7) is 6.82. The van der Waals surface area contributed by atoms with Crippen molar-refractivity contribution < 1.29 is 14.3 Å². The highest BCUT2D eigenvalue weighted by molar-refractivity contribution is 14.0. The minimum Gasteiger partial charge on any atom is -0.497 e. The number of halogens is 1. The van der Waals surface area contributed by atoms with Gasteiger partial charge in [-0.15, -0.1) is 24.0 Å². The summed E-state index contributed by atoms with van der Waals surface area (Å²) in [5, 5.41) is 6.32. The second-order valence-electron chi connectivity index (χ2n) is 6.14. The molecule has 8 heteroatoms. The molecule has 0 fully saturated rings. The zero-order valence-corrected chi connectivity index (χ0v) is 19.3. The van der Waals surface area contributed by atoms with E-state index in [0.29, 0.717) is 25.7 Å². The molecule has 0 heterocycles. The van der Waals surface area contributed by atoms with Crippen LogP contribution in [0.15, 0.2) is 23.2 Å². The van der Waals surface area contributed by atoms with Crippen molar-refractivity contribution in [2.75, 3.05) is 47.5 Å². The molecule has 1 aromatic carbocycles. The van der Waals surface area contributed by atoms with Gasteiger partial charge in [0.15, 0.2) is 5.96 Å². The Hall–Kier alpha value is -1.55. The molecule has 1 amide bonds. The summed E-state index contributed by atoms with van der Waals surface area (Å²) in [4.78, 5) is 17.9. The Morgan fingerprint density at radius 3 is 2.59 bits per heavy atom. The number of carbonyl (C=O) groups is 1. The van der Waals surface area contributed by atoms with Crippen molar-refractivity contribution in [3.8, 4) is 5.75 Å². The minimum atomic E-state index is -0.00830. The molecule has 0 bridgehead atoms. The number of rotatable bonds is 10. The van der Waals surface area contributed by atoms with Crippen LogP contribution in [0.25, 0.3) is 0 Å². The molecular weight excluding hydrogens is 459 g/mol. The van der Waals surface area contributed by atoms with Gasteiger partial charge in [0, 0.05) is 33.9 Å². The first-order chi connectivity index (χ1) is 12.5. The first-order valence-electron chi connectivity index (χ1n) is 8.91. The quantitative estimate of drug-likeness (QED) is 0.227. The van der Waals surface area contributed by atoms with E-state index in [1.165, 1.54) is 0 Å². The number of amides is 1. The molecule has 2 N–H and O–H groups in total. The van der Waals surface area contributed by atoms with Crippen molar-refractivity contribution in [3.63, 3.8) is 0 Å². The van der Waals surface area contributed by atoms with Crippen molar-refractivity contribution in [2.45, 2.75) is 26.8 Å². The fourth-order valence-electron chi connectivity index (χ4n) is 2.22. The number of carbonyl (C=O) groups excluding carboxylic acids is 1.